The summed E-state index contributed by atoms with van der Waals surface area (Å²) in [5, 5.41) is 1.42. The second-order valence-corrected chi connectivity index (χ2v) is 10.4. The average molecular weight is 528 g/mol. The maximum Gasteiger partial charge on any atom is 0.420 e. The molecule has 0 saturated heterocycles. The fourth-order valence-corrected chi connectivity index (χ4v) is 5.45. The molecule has 0 amide bonds. The Morgan fingerprint density at radius 3 is 2.57 bits per heavy atom. The van der Waals surface area contributed by atoms with Gasteiger partial charge in [-0.3, -0.25) is 4.72 Å². The highest BCUT2D eigenvalue weighted by molar-refractivity contribution is 7.92. The van der Waals surface area contributed by atoms with Crippen LogP contribution < -0.4 is 15.2 Å². The Bertz CT molecular complexity index is 1310. The molecule has 1 heterocycles. The van der Waals surface area contributed by atoms with E-state index in [0.717, 1.165) is 29.0 Å². The highest BCUT2D eigenvalue weighted by Gasteiger charge is 2.37. The highest BCUT2D eigenvalue weighted by atomic mass is 32.2. The molecule has 35 heavy (non-hydrogen) atoms. The van der Waals surface area contributed by atoms with Crippen LogP contribution in [0.2, 0.25) is 0 Å². The molecule has 3 aromatic rings. The lowest BCUT2D eigenvalue weighted by Gasteiger charge is -2.31. The van der Waals surface area contributed by atoms with Crippen LogP contribution in [0.1, 0.15) is 24.0 Å². The molecule has 0 spiro atoms. The van der Waals surface area contributed by atoms with Crippen molar-refractivity contribution in [2.24, 2.45) is 11.7 Å². The fraction of sp³-hybridized carbons (Fsp3) is 0.261. The minimum atomic E-state index is -4.87. The van der Waals surface area contributed by atoms with Crippen LogP contribution >= 0.6 is 11.3 Å². The Morgan fingerprint density at radius 1 is 1.17 bits per heavy atom. The number of nitrogens with zero attached hydrogens (tertiary/aromatic N) is 1. The molecular formula is C23H21F4N3O3S2. The van der Waals surface area contributed by atoms with Crippen molar-refractivity contribution >= 4 is 32.8 Å². The average Bonchev–Trinajstić information content (AvgIpc) is 3.30. The number of thiazole rings is 1. The number of sulfonamides is 1. The molecule has 0 bridgehead atoms. The van der Waals surface area contributed by atoms with Crippen molar-refractivity contribution in [2.75, 3.05) is 11.3 Å². The van der Waals surface area contributed by atoms with Crippen molar-refractivity contribution < 1.29 is 30.7 Å². The molecule has 0 fully saturated rings. The van der Waals surface area contributed by atoms with Gasteiger partial charge in [0, 0.05) is 17.3 Å². The monoisotopic (exact) mass is 527 g/mol. The van der Waals surface area contributed by atoms with Gasteiger partial charge in [-0.2, -0.15) is 13.2 Å². The third kappa shape index (κ3) is 5.82. The predicted octanol–water partition coefficient (Wildman–Crippen LogP) is 5.30. The number of nitrogens with two attached hydrogens (primary N) is 1. The number of halogens is 4. The molecule has 0 radical (unpaired) electrons. The lowest BCUT2D eigenvalue weighted by atomic mass is 9.81. The van der Waals surface area contributed by atoms with E-state index in [1.807, 2.05) is 6.08 Å². The Balaban J connectivity index is 1.60. The summed E-state index contributed by atoms with van der Waals surface area (Å²) in [5.74, 6) is -1.35. The van der Waals surface area contributed by atoms with Gasteiger partial charge in [-0.1, -0.05) is 18.2 Å². The normalized spacial score (nSPS) is 18.7. The van der Waals surface area contributed by atoms with E-state index in [4.69, 9.17) is 10.5 Å². The maximum absolute atomic E-state index is 13.8. The predicted molar refractivity (Wildman–Crippen MR) is 125 cm³/mol. The van der Waals surface area contributed by atoms with Gasteiger partial charge in [0.25, 0.3) is 10.0 Å². The minimum Gasteiger partial charge on any atom is -0.492 e. The molecule has 12 heteroatoms. The Labute approximate surface area is 203 Å². The topological polar surface area (TPSA) is 94.3 Å². The molecule has 2 aromatic carbocycles. The zero-order chi connectivity index (χ0) is 25.2. The van der Waals surface area contributed by atoms with Crippen molar-refractivity contribution in [1.82, 2.24) is 4.98 Å². The van der Waals surface area contributed by atoms with Crippen LogP contribution in [0.5, 0.6) is 5.75 Å². The molecule has 2 atom stereocenters. The van der Waals surface area contributed by atoms with Crippen LogP contribution in [0.4, 0.5) is 23.4 Å². The Morgan fingerprint density at radius 2 is 1.91 bits per heavy atom. The third-order valence-electron chi connectivity index (χ3n) is 5.61. The number of hydrogen-bond donors (Lipinski definition) is 2. The number of aromatic nitrogens is 1. The summed E-state index contributed by atoms with van der Waals surface area (Å²) in [6, 6.07) is 7.94. The highest BCUT2D eigenvalue weighted by Crippen LogP contribution is 2.39. The van der Waals surface area contributed by atoms with Crippen LogP contribution in [0.15, 0.2) is 64.3 Å². The number of anilines is 1. The first-order chi connectivity index (χ1) is 16.5. The van der Waals surface area contributed by atoms with Gasteiger partial charge in [0.1, 0.15) is 11.6 Å². The zero-order valence-corrected chi connectivity index (χ0v) is 19.8. The van der Waals surface area contributed by atoms with Gasteiger partial charge >= 0.3 is 6.18 Å². The van der Waals surface area contributed by atoms with E-state index in [-0.39, 0.29) is 18.5 Å². The van der Waals surface area contributed by atoms with Gasteiger partial charge in [0.15, 0.2) is 5.82 Å². The van der Waals surface area contributed by atoms with E-state index in [9.17, 15) is 26.0 Å². The number of allylic oxidation sites excluding steroid dienone is 1. The number of ether oxygens (including phenoxy) is 1. The first-order valence-electron chi connectivity index (χ1n) is 10.5. The molecular weight excluding hydrogens is 506 g/mol. The van der Waals surface area contributed by atoms with E-state index in [0.29, 0.717) is 24.5 Å². The van der Waals surface area contributed by atoms with Crippen LogP contribution in [0, 0.1) is 11.7 Å². The molecule has 186 valence electrons. The van der Waals surface area contributed by atoms with Crippen LogP contribution in [0.3, 0.4) is 0 Å². The summed E-state index contributed by atoms with van der Waals surface area (Å²) in [7, 11) is -4.30. The van der Waals surface area contributed by atoms with Gasteiger partial charge in [-0.25, -0.2) is 17.8 Å². The molecule has 0 saturated carbocycles. The van der Waals surface area contributed by atoms with Crippen molar-refractivity contribution in [3.05, 3.63) is 76.4 Å². The first kappa shape index (κ1) is 25.1. The molecule has 3 N–H and O–H groups in total. The van der Waals surface area contributed by atoms with Crippen molar-refractivity contribution in [1.29, 1.82) is 0 Å². The molecule has 1 aliphatic carbocycles. The van der Waals surface area contributed by atoms with Crippen molar-refractivity contribution in [2.45, 2.75) is 30.0 Å². The van der Waals surface area contributed by atoms with Gasteiger partial charge in [-0.05, 0) is 54.3 Å². The van der Waals surface area contributed by atoms with Gasteiger partial charge in [0.2, 0.25) is 0 Å². The molecule has 6 nitrogen and oxygen atoms in total. The van der Waals surface area contributed by atoms with Gasteiger partial charge in [0.05, 0.1) is 22.6 Å². The van der Waals surface area contributed by atoms with Crippen LogP contribution in [-0.4, -0.2) is 26.1 Å². The van der Waals surface area contributed by atoms with Crippen LogP contribution in [0.25, 0.3) is 5.57 Å². The van der Waals surface area contributed by atoms with Gasteiger partial charge in [-0.15, -0.1) is 11.3 Å². The van der Waals surface area contributed by atoms with Gasteiger partial charge < -0.3 is 10.5 Å². The van der Waals surface area contributed by atoms with E-state index >= 15 is 0 Å². The summed E-state index contributed by atoms with van der Waals surface area (Å²) >= 11 is 1.13. The fourth-order valence-electron chi connectivity index (χ4n) is 3.86. The van der Waals surface area contributed by atoms with Crippen molar-refractivity contribution in [3.63, 3.8) is 0 Å². The number of hydrogen-bond acceptors (Lipinski definition) is 6. The number of rotatable bonds is 7. The van der Waals surface area contributed by atoms with Crippen molar-refractivity contribution in [3.8, 4) is 5.75 Å². The SMILES string of the molecule is NC1CCC=C(c2ccc(F)cc2)C1COc1ccc(S(=O)(=O)Nc2cscn2)cc1C(F)(F)F. The summed E-state index contributed by atoms with van der Waals surface area (Å²) in [6.45, 7) is -0.170. The Kier molecular flexibility index (Phi) is 7.15. The second-order valence-electron chi connectivity index (χ2n) is 7.96. The summed E-state index contributed by atoms with van der Waals surface area (Å²) in [5.41, 5.74) is 7.90. The summed E-state index contributed by atoms with van der Waals surface area (Å²) in [6.07, 6.45) is -1.65. The lowest BCUT2D eigenvalue weighted by Crippen LogP contribution is -2.37. The smallest absolute Gasteiger partial charge is 0.420 e. The second kappa shape index (κ2) is 9.96. The van der Waals surface area contributed by atoms with E-state index < -0.39 is 44.1 Å². The number of nitrogens with one attached hydrogen (secondary N) is 1. The van der Waals surface area contributed by atoms with E-state index in [1.54, 1.807) is 12.1 Å². The molecule has 1 aliphatic rings. The summed E-state index contributed by atoms with van der Waals surface area (Å²) in [4.78, 5) is 3.21. The number of benzene rings is 2. The zero-order valence-electron chi connectivity index (χ0n) is 18.1. The quantitative estimate of drug-likeness (QED) is 0.407. The lowest BCUT2D eigenvalue weighted by molar-refractivity contribution is -0.139. The maximum atomic E-state index is 13.8. The molecule has 1 aromatic heterocycles. The van der Waals surface area contributed by atoms with Crippen LogP contribution in [-0.2, 0) is 16.2 Å². The standard InChI is InChI=1S/C23H21F4N3O3S2/c24-15-6-4-14(5-7-15)17-2-1-3-20(28)18(17)11-33-21-9-8-16(10-19(21)23(25,26)27)35(31,32)30-22-12-34-13-29-22/h2,4-10,12-13,18,20,30H,1,3,11,28H2. The largest absolute Gasteiger partial charge is 0.492 e. The number of alkyl halides is 3. The minimum absolute atomic E-state index is 0.00952. The molecule has 0 aliphatic heterocycles. The summed E-state index contributed by atoms with van der Waals surface area (Å²) < 4.78 is 87.7. The third-order valence-corrected chi connectivity index (χ3v) is 7.55. The first-order valence-corrected chi connectivity index (χ1v) is 12.9. The molecule has 4 rings (SSSR count). The molecule has 2 unspecified atom stereocenters. The van der Waals surface area contributed by atoms with E-state index in [2.05, 4.69) is 9.71 Å². The van der Waals surface area contributed by atoms with E-state index in [1.165, 1.54) is 23.0 Å². The Hall–Kier alpha value is -2.96.